The summed E-state index contributed by atoms with van der Waals surface area (Å²) < 4.78 is 23.1. The number of carbonyl (C=O) groups excluding carboxylic acids is 1. The third kappa shape index (κ3) is 2.26. The van der Waals surface area contributed by atoms with E-state index in [4.69, 9.17) is 9.47 Å². The number of esters is 1. The quantitative estimate of drug-likeness (QED) is 0.721. The number of benzene rings is 1. The number of methoxy groups -OCH3 is 1. The van der Waals surface area contributed by atoms with Crippen LogP contribution in [0.4, 0.5) is 4.39 Å². The molecule has 0 atom stereocenters. The summed E-state index contributed by atoms with van der Waals surface area (Å²) in [5, 5.41) is 0. The molecule has 0 amide bonds. The van der Waals surface area contributed by atoms with E-state index in [0.29, 0.717) is 0 Å². The Labute approximate surface area is 87.8 Å². The van der Waals surface area contributed by atoms with E-state index in [0.717, 1.165) is 0 Å². The van der Waals surface area contributed by atoms with Crippen LogP contribution < -0.4 is 4.74 Å². The zero-order valence-electron chi connectivity index (χ0n) is 8.96. The van der Waals surface area contributed by atoms with Gasteiger partial charge in [0.25, 0.3) is 0 Å². The van der Waals surface area contributed by atoms with Crippen molar-refractivity contribution in [1.29, 1.82) is 0 Å². The third-order valence-electron chi connectivity index (χ3n) is 2.07. The van der Waals surface area contributed by atoms with Crippen molar-refractivity contribution in [2.24, 2.45) is 0 Å². The summed E-state index contributed by atoms with van der Waals surface area (Å²) in [7, 11) is 1.38. The van der Waals surface area contributed by atoms with Gasteiger partial charge < -0.3 is 9.47 Å². The van der Waals surface area contributed by atoms with Crippen molar-refractivity contribution in [2.45, 2.75) is 13.8 Å². The fraction of sp³-hybridized carbons (Fsp3) is 0.364. The number of rotatable bonds is 3. The van der Waals surface area contributed by atoms with Gasteiger partial charge in [0.2, 0.25) is 0 Å². The number of carbonyl (C=O) groups is 1. The van der Waals surface area contributed by atoms with Gasteiger partial charge in [-0.15, -0.1) is 0 Å². The van der Waals surface area contributed by atoms with Crippen LogP contribution in [0.3, 0.4) is 0 Å². The zero-order chi connectivity index (χ0) is 11.4. The van der Waals surface area contributed by atoms with E-state index >= 15 is 0 Å². The third-order valence-corrected chi connectivity index (χ3v) is 2.07. The van der Waals surface area contributed by atoms with Crippen LogP contribution in [0.2, 0.25) is 0 Å². The van der Waals surface area contributed by atoms with Crippen molar-refractivity contribution < 1.29 is 18.7 Å². The minimum Gasteiger partial charge on any atom is -0.494 e. The highest BCUT2D eigenvalue weighted by molar-refractivity contribution is 5.91. The van der Waals surface area contributed by atoms with Crippen molar-refractivity contribution in [3.05, 3.63) is 29.1 Å². The second-order valence-corrected chi connectivity index (χ2v) is 2.97. The summed E-state index contributed by atoms with van der Waals surface area (Å²) in [5.74, 6) is -0.917. The van der Waals surface area contributed by atoms with Crippen LogP contribution in [-0.2, 0) is 4.74 Å². The summed E-state index contributed by atoms with van der Waals surface area (Å²) >= 11 is 0. The zero-order valence-corrected chi connectivity index (χ0v) is 8.96. The molecule has 0 radical (unpaired) electrons. The van der Waals surface area contributed by atoms with Crippen LogP contribution in [0.15, 0.2) is 12.1 Å². The van der Waals surface area contributed by atoms with Crippen molar-refractivity contribution in [1.82, 2.24) is 0 Å². The van der Waals surface area contributed by atoms with Crippen molar-refractivity contribution in [3.63, 3.8) is 0 Å². The van der Waals surface area contributed by atoms with Gasteiger partial charge in [-0.25, -0.2) is 9.18 Å². The first-order valence-corrected chi connectivity index (χ1v) is 4.62. The van der Waals surface area contributed by atoms with Gasteiger partial charge in [0.05, 0.1) is 19.3 Å². The normalized spacial score (nSPS) is 9.87. The Bertz CT molecular complexity index is 374. The van der Waals surface area contributed by atoms with Crippen LogP contribution in [0, 0.1) is 12.7 Å². The lowest BCUT2D eigenvalue weighted by Crippen LogP contribution is -2.08. The number of hydrogen-bond donors (Lipinski definition) is 0. The van der Waals surface area contributed by atoms with Crippen molar-refractivity contribution >= 4 is 5.97 Å². The minimum atomic E-state index is -0.525. The van der Waals surface area contributed by atoms with E-state index in [1.807, 2.05) is 0 Å². The Morgan fingerprint density at radius 3 is 2.67 bits per heavy atom. The molecule has 0 fully saturated rings. The molecule has 15 heavy (non-hydrogen) atoms. The van der Waals surface area contributed by atoms with E-state index in [1.54, 1.807) is 6.92 Å². The standard InChI is InChI=1S/C11H13FO3/c1-4-15-11(13)8-5-6-9(14-3)10(12)7(8)2/h5-6H,4H2,1-3H3. The maximum atomic E-state index is 13.5. The molecule has 3 nitrogen and oxygen atoms in total. The fourth-order valence-corrected chi connectivity index (χ4v) is 1.25. The Hall–Kier alpha value is -1.58. The maximum Gasteiger partial charge on any atom is 0.338 e. The van der Waals surface area contributed by atoms with Crippen LogP contribution in [0.1, 0.15) is 22.8 Å². The van der Waals surface area contributed by atoms with Gasteiger partial charge in [-0.3, -0.25) is 0 Å². The lowest BCUT2D eigenvalue weighted by molar-refractivity contribution is 0.0525. The predicted molar refractivity (Wildman–Crippen MR) is 53.6 cm³/mol. The highest BCUT2D eigenvalue weighted by Gasteiger charge is 2.16. The first kappa shape index (κ1) is 11.5. The van der Waals surface area contributed by atoms with E-state index in [-0.39, 0.29) is 23.5 Å². The van der Waals surface area contributed by atoms with Crippen molar-refractivity contribution in [3.8, 4) is 5.75 Å². The highest BCUT2D eigenvalue weighted by Crippen LogP contribution is 2.23. The molecule has 0 bridgehead atoms. The van der Waals surface area contributed by atoms with Gasteiger partial charge >= 0.3 is 5.97 Å². The van der Waals surface area contributed by atoms with Gasteiger partial charge in [0.15, 0.2) is 11.6 Å². The fourth-order valence-electron chi connectivity index (χ4n) is 1.25. The highest BCUT2D eigenvalue weighted by atomic mass is 19.1. The molecule has 1 aromatic rings. The molecule has 0 saturated heterocycles. The maximum absolute atomic E-state index is 13.5. The molecule has 0 spiro atoms. The van der Waals surface area contributed by atoms with Gasteiger partial charge in [-0.05, 0) is 26.0 Å². The summed E-state index contributed by atoms with van der Waals surface area (Å²) in [4.78, 5) is 11.4. The van der Waals surface area contributed by atoms with Gasteiger partial charge in [0, 0.05) is 5.56 Å². The minimum absolute atomic E-state index is 0.126. The van der Waals surface area contributed by atoms with Gasteiger partial charge in [0.1, 0.15) is 0 Å². The monoisotopic (exact) mass is 212 g/mol. The molecular weight excluding hydrogens is 199 g/mol. The second kappa shape index (κ2) is 4.77. The number of ether oxygens (including phenoxy) is 2. The summed E-state index contributed by atoms with van der Waals surface area (Å²) in [6, 6.07) is 2.91. The van der Waals surface area contributed by atoms with E-state index in [9.17, 15) is 9.18 Å². The van der Waals surface area contributed by atoms with E-state index < -0.39 is 11.8 Å². The molecule has 0 aliphatic heterocycles. The molecule has 0 heterocycles. The molecule has 1 rings (SSSR count). The van der Waals surface area contributed by atoms with Crippen molar-refractivity contribution in [2.75, 3.05) is 13.7 Å². The van der Waals surface area contributed by atoms with Gasteiger partial charge in [-0.1, -0.05) is 0 Å². The van der Waals surface area contributed by atoms with Gasteiger partial charge in [-0.2, -0.15) is 0 Å². The molecule has 0 unspecified atom stereocenters. The Morgan fingerprint density at radius 2 is 2.13 bits per heavy atom. The molecule has 0 aliphatic rings. The SMILES string of the molecule is CCOC(=O)c1ccc(OC)c(F)c1C. The molecule has 0 aromatic heterocycles. The molecule has 0 N–H and O–H groups in total. The number of hydrogen-bond acceptors (Lipinski definition) is 3. The molecular formula is C11H13FO3. The largest absolute Gasteiger partial charge is 0.494 e. The van der Waals surface area contributed by atoms with Crippen LogP contribution in [-0.4, -0.2) is 19.7 Å². The Morgan fingerprint density at radius 1 is 1.47 bits per heavy atom. The molecule has 0 aliphatic carbocycles. The summed E-state index contributed by atoms with van der Waals surface area (Å²) in [5.41, 5.74) is 0.475. The molecule has 0 saturated carbocycles. The first-order chi connectivity index (χ1) is 7.11. The van der Waals surface area contributed by atoms with Crippen LogP contribution >= 0.6 is 0 Å². The lowest BCUT2D eigenvalue weighted by Gasteiger charge is -2.08. The van der Waals surface area contributed by atoms with Crippen LogP contribution in [0.25, 0.3) is 0 Å². The summed E-state index contributed by atoms with van der Waals surface area (Å²) in [6.07, 6.45) is 0. The molecule has 4 heteroatoms. The molecule has 1 aromatic carbocycles. The topological polar surface area (TPSA) is 35.5 Å². The first-order valence-electron chi connectivity index (χ1n) is 4.62. The average Bonchev–Trinajstić information content (AvgIpc) is 2.22. The second-order valence-electron chi connectivity index (χ2n) is 2.97. The van der Waals surface area contributed by atoms with E-state index in [2.05, 4.69) is 0 Å². The Kier molecular flexibility index (Phi) is 3.66. The average molecular weight is 212 g/mol. The smallest absolute Gasteiger partial charge is 0.338 e. The lowest BCUT2D eigenvalue weighted by atomic mass is 10.1. The predicted octanol–water partition coefficient (Wildman–Crippen LogP) is 2.32. The summed E-state index contributed by atoms with van der Waals surface area (Å²) in [6.45, 7) is 3.49. The number of halogens is 1. The Balaban J connectivity index is 3.11. The van der Waals surface area contributed by atoms with Crippen LogP contribution in [0.5, 0.6) is 5.75 Å². The molecule has 82 valence electrons. The van der Waals surface area contributed by atoms with E-state index in [1.165, 1.54) is 26.2 Å².